The number of ketones is 1. The highest BCUT2D eigenvalue weighted by atomic mass is 16.6. The summed E-state index contributed by atoms with van der Waals surface area (Å²) in [6, 6.07) is 13.2. The van der Waals surface area contributed by atoms with Crippen LogP contribution in [0.15, 0.2) is 48.7 Å². The molecule has 0 radical (unpaired) electrons. The number of imidazole rings is 1. The van der Waals surface area contributed by atoms with Gasteiger partial charge in [-0.25, -0.2) is 14.8 Å². The number of ether oxygens (including phenoxy) is 1. The molecule has 1 saturated heterocycles. The smallest absolute Gasteiger partial charge is 0.410 e. The Morgan fingerprint density at radius 3 is 2.79 bits per heavy atom. The van der Waals surface area contributed by atoms with Crippen LogP contribution in [0.2, 0.25) is 0 Å². The van der Waals surface area contributed by atoms with Crippen molar-refractivity contribution in [2.45, 2.75) is 39.0 Å². The number of likely N-dealkylation sites (tertiary alicyclic amines) is 1. The maximum atomic E-state index is 12.6. The van der Waals surface area contributed by atoms with Gasteiger partial charge in [-0.15, -0.1) is 0 Å². The van der Waals surface area contributed by atoms with Gasteiger partial charge in [0.1, 0.15) is 12.1 Å². The molecule has 144 valence electrons. The average molecular weight is 378 g/mol. The molecule has 1 atom stereocenters. The predicted octanol–water partition coefficient (Wildman–Crippen LogP) is 3.44. The lowest BCUT2D eigenvalue weighted by Gasteiger charge is -2.25. The fourth-order valence-corrected chi connectivity index (χ4v) is 3.68. The monoisotopic (exact) mass is 378 g/mol. The van der Waals surface area contributed by atoms with E-state index < -0.39 is 0 Å². The summed E-state index contributed by atoms with van der Waals surface area (Å²) in [5, 5.41) is 0. The van der Waals surface area contributed by atoms with Gasteiger partial charge in [0.15, 0.2) is 17.3 Å². The molecule has 2 aromatic heterocycles. The number of Topliss-reactive ketones (excluding diaryl/α,β-unsaturated/α-hetero) is 1. The molecule has 1 aromatic carbocycles. The van der Waals surface area contributed by atoms with E-state index in [-0.39, 0.29) is 24.5 Å². The summed E-state index contributed by atoms with van der Waals surface area (Å²) in [4.78, 5) is 35.3. The molecule has 3 heterocycles. The molecule has 1 fully saturated rings. The minimum atomic E-state index is -0.326. The van der Waals surface area contributed by atoms with Crippen molar-refractivity contribution in [3.05, 3.63) is 60.0 Å². The Hall–Kier alpha value is -3.22. The fourth-order valence-electron chi connectivity index (χ4n) is 3.68. The van der Waals surface area contributed by atoms with Crippen LogP contribution < -0.4 is 0 Å². The van der Waals surface area contributed by atoms with E-state index in [9.17, 15) is 9.59 Å². The molecule has 1 aliphatic heterocycles. The lowest BCUT2D eigenvalue weighted by Crippen LogP contribution is -2.38. The zero-order valence-corrected chi connectivity index (χ0v) is 15.7. The van der Waals surface area contributed by atoms with Crippen LogP contribution in [0.1, 0.15) is 35.9 Å². The van der Waals surface area contributed by atoms with Gasteiger partial charge in [0.05, 0.1) is 6.04 Å². The highest BCUT2D eigenvalue weighted by molar-refractivity contribution is 5.94. The Balaban J connectivity index is 1.51. The maximum Gasteiger partial charge on any atom is 0.410 e. The molecule has 0 spiro atoms. The number of aromatic nitrogens is 3. The first-order chi connectivity index (χ1) is 13.6. The van der Waals surface area contributed by atoms with E-state index in [1.54, 1.807) is 17.2 Å². The number of hydrogen-bond acceptors (Lipinski definition) is 5. The topological polar surface area (TPSA) is 77.3 Å². The summed E-state index contributed by atoms with van der Waals surface area (Å²) in [6.45, 7) is 2.87. The number of hydrogen-bond donors (Lipinski definition) is 0. The molecule has 0 saturated carbocycles. The first-order valence-corrected chi connectivity index (χ1v) is 9.43. The highest BCUT2D eigenvalue weighted by Crippen LogP contribution is 2.23. The average Bonchev–Trinajstić information content (AvgIpc) is 3.32. The molecule has 7 nitrogen and oxygen atoms in total. The Morgan fingerprint density at radius 2 is 2.00 bits per heavy atom. The van der Waals surface area contributed by atoms with Crippen molar-refractivity contribution in [3.63, 3.8) is 0 Å². The van der Waals surface area contributed by atoms with Crippen LogP contribution in [0.4, 0.5) is 4.79 Å². The third kappa shape index (κ3) is 3.60. The maximum absolute atomic E-state index is 12.6. The number of carbonyl (C=O) groups is 2. The standard InChI is InChI=1S/C21H22N4O3/c1-15(26)19-23-18-10-5-11-22-20(18)25(19)13-17-9-6-12-24(17)21(27)28-14-16-7-3-2-4-8-16/h2-5,7-8,10-11,17H,6,9,12-14H2,1H3/t17-/m1/s1. The minimum Gasteiger partial charge on any atom is -0.445 e. The van der Waals surface area contributed by atoms with Crippen molar-refractivity contribution in [2.75, 3.05) is 6.54 Å². The predicted molar refractivity (Wildman–Crippen MR) is 104 cm³/mol. The van der Waals surface area contributed by atoms with Crippen LogP contribution in [0.5, 0.6) is 0 Å². The lowest BCUT2D eigenvalue weighted by atomic mass is 10.2. The first-order valence-electron chi connectivity index (χ1n) is 9.43. The van der Waals surface area contributed by atoms with E-state index in [0.717, 1.165) is 18.4 Å². The van der Waals surface area contributed by atoms with Crippen molar-refractivity contribution in [1.82, 2.24) is 19.4 Å². The van der Waals surface area contributed by atoms with E-state index in [1.807, 2.05) is 41.0 Å². The number of amides is 1. The highest BCUT2D eigenvalue weighted by Gasteiger charge is 2.31. The number of benzene rings is 1. The number of fused-ring (bicyclic) bond motifs is 1. The lowest BCUT2D eigenvalue weighted by molar-refractivity contribution is 0.0892. The Labute approximate surface area is 163 Å². The number of pyridine rings is 1. The third-order valence-corrected chi connectivity index (χ3v) is 5.03. The second-order valence-electron chi connectivity index (χ2n) is 6.98. The Bertz CT molecular complexity index is 999. The summed E-state index contributed by atoms with van der Waals surface area (Å²) in [5.74, 6) is 0.257. The van der Waals surface area contributed by atoms with Gasteiger partial charge in [0.25, 0.3) is 0 Å². The molecule has 1 amide bonds. The second-order valence-corrected chi connectivity index (χ2v) is 6.98. The van der Waals surface area contributed by atoms with E-state index in [4.69, 9.17) is 4.74 Å². The van der Waals surface area contributed by atoms with E-state index in [1.165, 1.54) is 6.92 Å². The Morgan fingerprint density at radius 1 is 1.18 bits per heavy atom. The van der Waals surface area contributed by atoms with Gasteiger partial charge < -0.3 is 14.2 Å². The molecular formula is C21H22N4O3. The first kappa shape index (κ1) is 18.2. The molecule has 0 N–H and O–H groups in total. The van der Waals surface area contributed by atoms with Crippen molar-refractivity contribution in [1.29, 1.82) is 0 Å². The zero-order chi connectivity index (χ0) is 19.5. The van der Waals surface area contributed by atoms with Gasteiger partial charge >= 0.3 is 6.09 Å². The van der Waals surface area contributed by atoms with Crippen molar-refractivity contribution in [3.8, 4) is 0 Å². The van der Waals surface area contributed by atoms with E-state index in [2.05, 4.69) is 9.97 Å². The number of carbonyl (C=O) groups excluding carboxylic acids is 2. The van der Waals surface area contributed by atoms with Gasteiger partial charge in [-0.05, 0) is 30.5 Å². The van der Waals surface area contributed by atoms with Gasteiger partial charge in [-0.2, -0.15) is 0 Å². The van der Waals surface area contributed by atoms with Gasteiger partial charge in [0, 0.05) is 26.2 Å². The van der Waals surface area contributed by atoms with E-state index in [0.29, 0.717) is 30.1 Å². The summed E-state index contributed by atoms with van der Waals surface area (Å²) in [7, 11) is 0. The molecule has 7 heteroatoms. The molecule has 4 rings (SSSR count). The molecule has 0 unspecified atom stereocenters. The van der Waals surface area contributed by atoms with Gasteiger partial charge in [-0.1, -0.05) is 30.3 Å². The van der Waals surface area contributed by atoms with Crippen molar-refractivity contribution < 1.29 is 14.3 Å². The molecule has 28 heavy (non-hydrogen) atoms. The third-order valence-electron chi connectivity index (χ3n) is 5.03. The molecule has 1 aliphatic rings. The zero-order valence-electron chi connectivity index (χ0n) is 15.7. The minimum absolute atomic E-state index is 0.0548. The molecule has 0 aliphatic carbocycles. The van der Waals surface area contributed by atoms with Gasteiger partial charge in [-0.3, -0.25) is 4.79 Å². The van der Waals surface area contributed by atoms with Crippen LogP contribution in [0.3, 0.4) is 0 Å². The summed E-state index contributed by atoms with van der Waals surface area (Å²) >= 11 is 0. The fraction of sp³-hybridized carbons (Fsp3) is 0.333. The quantitative estimate of drug-likeness (QED) is 0.636. The summed E-state index contributed by atoms with van der Waals surface area (Å²) < 4.78 is 7.33. The number of nitrogens with zero attached hydrogens (tertiary/aromatic N) is 4. The molecule has 3 aromatic rings. The van der Waals surface area contributed by atoms with Crippen molar-refractivity contribution >= 4 is 23.0 Å². The van der Waals surface area contributed by atoms with Crippen molar-refractivity contribution in [2.24, 2.45) is 0 Å². The van der Waals surface area contributed by atoms with Gasteiger partial charge in [0.2, 0.25) is 0 Å². The van der Waals surface area contributed by atoms with Crippen LogP contribution in [-0.4, -0.2) is 43.9 Å². The van der Waals surface area contributed by atoms with E-state index >= 15 is 0 Å². The largest absolute Gasteiger partial charge is 0.445 e. The van der Waals surface area contributed by atoms with Crippen LogP contribution >= 0.6 is 0 Å². The molecule has 0 bridgehead atoms. The SMILES string of the molecule is CC(=O)c1nc2cccnc2n1C[C@H]1CCCN1C(=O)OCc1ccccc1. The normalized spacial score (nSPS) is 16.5. The number of rotatable bonds is 5. The van der Waals surface area contributed by atoms with Crippen LogP contribution in [0.25, 0.3) is 11.2 Å². The molecular weight excluding hydrogens is 356 g/mol. The second kappa shape index (κ2) is 7.80. The van der Waals surface area contributed by atoms with Crippen LogP contribution in [0, 0.1) is 0 Å². The summed E-state index contributed by atoms with van der Waals surface area (Å²) in [6.07, 6.45) is 3.11. The Kier molecular flexibility index (Phi) is 5.06. The summed E-state index contributed by atoms with van der Waals surface area (Å²) in [5.41, 5.74) is 2.30. The van der Waals surface area contributed by atoms with Crippen LogP contribution in [-0.2, 0) is 17.9 Å².